The molecule has 8 nitrogen and oxygen atoms in total. The van der Waals surface area contributed by atoms with Crippen molar-refractivity contribution in [3.63, 3.8) is 0 Å². The highest BCUT2D eigenvalue weighted by Crippen LogP contribution is 2.12. The van der Waals surface area contributed by atoms with Gasteiger partial charge in [0.15, 0.2) is 5.82 Å². The van der Waals surface area contributed by atoms with Gasteiger partial charge in [0.25, 0.3) is 0 Å². The molecule has 0 aliphatic rings. The third kappa shape index (κ3) is 3.69. The zero-order valence-electron chi connectivity index (χ0n) is 12.7. The van der Waals surface area contributed by atoms with Crippen LogP contribution in [0.25, 0.3) is 5.82 Å². The van der Waals surface area contributed by atoms with E-state index < -0.39 is 5.97 Å². The topological polar surface area (TPSA) is 98.6 Å². The van der Waals surface area contributed by atoms with Crippen molar-refractivity contribution >= 4 is 5.97 Å². The van der Waals surface area contributed by atoms with E-state index in [0.29, 0.717) is 18.0 Å². The molecule has 0 amide bonds. The minimum absolute atomic E-state index is 0.0418. The summed E-state index contributed by atoms with van der Waals surface area (Å²) in [6.07, 6.45) is 6.20. The van der Waals surface area contributed by atoms with Gasteiger partial charge in [-0.15, -0.1) is 5.10 Å². The second kappa shape index (κ2) is 7.36. The first-order valence-corrected chi connectivity index (χ1v) is 7.22. The molecule has 2 heterocycles. The molecule has 2 aromatic rings. The first-order valence-electron chi connectivity index (χ1n) is 7.22. The molecule has 8 heteroatoms. The van der Waals surface area contributed by atoms with Crippen LogP contribution in [0.1, 0.15) is 37.9 Å². The van der Waals surface area contributed by atoms with Gasteiger partial charge in [-0.25, -0.2) is 0 Å². The van der Waals surface area contributed by atoms with Crippen LogP contribution in [0.3, 0.4) is 0 Å². The second-order valence-corrected chi connectivity index (χ2v) is 4.74. The lowest BCUT2D eigenvalue weighted by atomic mass is 10.2. The van der Waals surface area contributed by atoms with Crippen LogP contribution in [0.4, 0.5) is 0 Å². The molecule has 0 aliphatic carbocycles. The van der Waals surface area contributed by atoms with Crippen LogP contribution in [0, 0.1) is 11.3 Å². The predicted molar refractivity (Wildman–Crippen MR) is 77.1 cm³/mol. The average Bonchev–Trinajstić information content (AvgIpc) is 3.11. The molecular formula is C14H18N6O2. The van der Waals surface area contributed by atoms with Crippen molar-refractivity contribution in [2.45, 2.75) is 39.7 Å². The largest absolute Gasteiger partial charge is 0.465 e. The van der Waals surface area contributed by atoms with Crippen molar-refractivity contribution in [2.75, 3.05) is 6.61 Å². The van der Waals surface area contributed by atoms with E-state index in [1.165, 1.54) is 15.6 Å². The van der Waals surface area contributed by atoms with Crippen molar-refractivity contribution < 1.29 is 9.53 Å². The summed E-state index contributed by atoms with van der Waals surface area (Å²) in [5.41, 5.74) is 1.18. The summed E-state index contributed by atoms with van der Waals surface area (Å²) >= 11 is 0. The number of ether oxygens (including phenoxy) is 1. The number of hydrogen-bond acceptors (Lipinski definition) is 6. The highest BCUT2D eigenvalue weighted by molar-refractivity contribution is 5.69. The summed E-state index contributed by atoms with van der Waals surface area (Å²) in [6, 6.07) is 2.05. The molecule has 0 spiro atoms. The molecule has 0 aromatic carbocycles. The van der Waals surface area contributed by atoms with Gasteiger partial charge < -0.3 is 4.74 Å². The molecule has 0 saturated carbocycles. The fourth-order valence-electron chi connectivity index (χ4n) is 1.95. The molecule has 0 bridgehead atoms. The van der Waals surface area contributed by atoms with E-state index in [0.717, 1.165) is 25.0 Å². The van der Waals surface area contributed by atoms with Gasteiger partial charge in [-0.2, -0.15) is 15.0 Å². The molecule has 0 aliphatic heterocycles. The molecule has 0 atom stereocenters. The quantitative estimate of drug-likeness (QED) is 0.714. The number of esters is 1. The minimum Gasteiger partial charge on any atom is -0.465 e. The second-order valence-electron chi connectivity index (χ2n) is 4.74. The van der Waals surface area contributed by atoms with E-state index in [1.807, 2.05) is 6.07 Å². The monoisotopic (exact) mass is 302 g/mol. The summed E-state index contributed by atoms with van der Waals surface area (Å²) < 4.78 is 7.70. The molecule has 0 radical (unpaired) electrons. The Labute approximate surface area is 128 Å². The van der Waals surface area contributed by atoms with Gasteiger partial charge >= 0.3 is 5.97 Å². The number of nitriles is 1. The smallest absolute Gasteiger partial charge is 0.327 e. The van der Waals surface area contributed by atoms with Crippen molar-refractivity contribution in [1.29, 1.82) is 5.26 Å². The first kappa shape index (κ1) is 15.7. The zero-order chi connectivity index (χ0) is 15.9. The van der Waals surface area contributed by atoms with Gasteiger partial charge in [0, 0.05) is 6.20 Å². The fraction of sp³-hybridized carbons (Fsp3) is 0.500. The van der Waals surface area contributed by atoms with E-state index >= 15 is 0 Å². The summed E-state index contributed by atoms with van der Waals surface area (Å²) in [6.45, 7) is 4.11. The van der Waals surface area contributed by atoms with Crippen molar-refractivity contribution in [3.05, 3.63) is 23.7 Å². The van der Waals surface area contributed by atoms with Crippen LogP contribution in [0.2, 0.25) is 0 Å². The molecule has 0 N–H and O–H groups in total. The van der Waals surface area contributed by atoms with Crippen LogP contribution in [0.15, 0.2) is 12.4 Å². The van der Waals surface area contributed by atoms with Gasteiger partial charge in [0.1, 0.15) is 18.2 Å². The highest BCUT2D eigenvalue weighted by Gasteiger charge is 2.14. The summed E-state index contributed by atoms with van der Waals surface area (Å²) in [5.74, 6) is -0.0367. The van der Waals surface area contributed by atoms with E-state index in [9.17, 15) is 10.1 Å². The number of aromatic nitrogens is 5. The zero-order valence-corrected chi connectivity index (χ0v) is 12.7. The van der Waals surface area contributed by atoms with Crippen LogP contribution < -0.4 is 0 Å². The number of hydrogen-bond donors (Lipinski definition) is 0. The maximum Gasteiger partial charge on any atom is 0.327 e. The van der Waals surface area contributed by atoms with Gasteiger partial charge in [0.05, 0.1) is 18.5 Å². The number of aryl methyl sites for hydroxylation is 1. The lowest BCUT2D eigenvalue weighted by Gasteiger charge is -2.00. The third-order valence-corrected chi connectivity index (χ3v) is 3.00. The van der Waals surface area contributed by atoms with Crippen molar-refractivity contribution in [3.8, 4) is 11.9 Å². The first-order chi connectivity index (χ1) is 10.7. The lowest BCUT2D eigenvalue weighted by molar-refractivity contribution is -0.144. The Kier molecular flexibility index (Phi) is 5.25. The van der Waals surface area contributed by atoms with Crippen LogP contribution >= 0.6 is 0 Å². The molecule has 0 unspecified atom stereocenters. The van der Waals surface area contributed by atoms with Crippen molar-refractivity contribution in [2.24, 2.45) is 0 Å². The number of unbranched alkanes of at least 4 members (excludes halogenated alkanes) is 1. The molecular weight excluding hydrogens is 284 g/mol. The fourth-order valence-corrected chi connectivity index (χ4v) is 1.95. The highest BCUT2D eigenvalue weighted by atomic mass is 16.5. The molecule has 22 heavy (non-hydrogen) atoms. The molecule has 2 rings (SSSR count). The standard InChI is InChI=1S/C14H18N6O2/c1-3-5-6-12-9-20(18-16-12)14-11(7-15)8-19(17-14)10-13(21)22-4-2/h8-9H,3-6,10H2,1-2H3. The SMILES string of the molecule is CCCCc1cn(-c2nn(CC(=O)OCC)cc2C#N)nn1. The van der Waals surface area contributed by atoms with Crippen LogP contribution in [-0.4, -0.2) is 37.4 Å². The minimum atomic E-state index is -0.400. The van der Waals surface area contributed by atoms with Crippen molar-refractivity contribution in [1.82, 2.24) is 24.8 Å². The maximum absolute atomic E-state index is 11.5. The normalized spacial score (nSPS) is 10.4. The third-order valence-electron chi connectivity index (χ3n) is 3.00. The molecule has 116 valence electrons. The Hall–Kier alpha value is -2.69. The van der Waals surface area contributed by atoms with Crippen LogP contribution in [0.5, 0.6) is 0 Å². The Morgan fingerprint density at radius 3 is 2.91 bits per heavy atom. The number of carbonyl (C=O) groups excluding carboxylic acids is 1. The Bertz CT molecular complexity index is 682. The summed E-state index contributed by atoms with van der Waals surface area (Å²) in [5, 5.41) is 21.5. The average molecular weight is 302 g/mol. The summed E-state index contributed by atoms with van der Waals surface area (Å²) in [7, 11) is 0. The Balaban J connectivity index is 2.19. The predicted octanol–water partition coefficient (Wildman–Crippen LogP) is 1.24. The molecule has 2 aromatic heterocycles. The van der Waals surface area contributed by atoms with E-state index in [4.69, 9.17) is 4.74 Å². The van der Waals surface area contributed by atoms with Gasteiger partial charge in [-0.05, 0) is 19.8 Å². The lowest BCUT2D eigenvalue weighted by Crippen LogP contribution is -2.14. The van der Waals surface area contributed by atoms with E-state index in [-0.39, 0.29) is 6.54 Å². The Morgan fingerprint density at radius 2 is 2.23 bits per heavy atom. The number of carbonyl (C=O) groups is 1. The number of rotatable bonds is 7. The Morgan fingerprint density at radius 1 is 1.41 bits per heavy atom. The van der Waals surface area contributed by atoms with Crippen LogP contribution in [-0.2, 0) is 22.5 Å². The summed E-state index contributed by atoms with van der Waals surface area (Å²) in [4.78, 5) is 11.5. The maximum atomic E-state index is 11.5. The number of nitrogens with zero attached hydrogens (tertiary/aromatic N) is 6. The molecule has 0 saturated heterocycles. The van der Waals surface area contributed by atoms with E-state index in [1.54, 1.807) is 13.1 Å². The van der Waals surface area contributed by atoms with E-state index in [2.05, 4.69) is 22.3 Å². The van der Waals surface area contributed by atoms with Gasteiger partial charge in [-0.3, -0.25) is 9.48 Å². The molecule has 0 fully saturated rings. The van der Waals surface area contributed by atoms with Gasteiger partial charge in [0.2, 0.25) is 0 Å². The van der Waals surface area contributed by atoms with Gasteiger partial charge in [-0.1, -0.05) is 18.6 Å².